The molecule has 2 N–H and O–H groups in total. The zero-order valence-corrected chi connectivity index (χ0v) is 21.4. The van der Waals surface area contributed by atoms with Crippen LogP contribution in [0.3, 0.4) is 0 Å². The van der Waals surface area contributed by atoms with E-state index >= 15 is 0 Å². The van der Waals surface area contributed by atoms with Crippen LogP contribution in [0.15, 0.2) is 84.9 Å². The summed E-state index contributed by atoms with van der Waals surface area (Å²) in [5, 5.41) is 10.3. The Labute approximate surface area is 221 Å². The first-order valence-corrected chi connectivity index (χ1v) is 12.3. The van der Waals surface area contributed by atoms with Crippen LogP contribution in [0.1, 0.15) is 12.5 Å². The molecule has 0 aliphatic rings. The lowest BCUT2D eigenvalue weighted by molar-refractivity contribution is -0.116. The van der Waals surface area contributed by atoms with Crippen LogP contribution in [-0.4, -0.2) is 53.4 Å². The molecule has 3 aromatic carbocycles. The summed E-state index contributed by atoms with van der Waals surface area (Å²) in [6, 6.07) is 24.2. The number of urea groups is 1. The highest BCUT2D eigenvalue weighted by atomic mass is 19.1. The van der Waals surface area contributed by atoms with Gasteiger partial charge in [0.2, 0.25) is 5.91 Å². The number of carbonyl (C=O) groups excluding carboxylic acids is 2. The van der Waals surface area contributed by atoms with Gasteiger partial charge in [0, 0.05) is 31.0 Å². The summed E-state index contributed by atoms with van der Waals surface area (Å²) in [4.78, 5) is 27.5. The quantitative estimate of drug-likeness (QED) is 0.298. The van der Waals surface area contributed by atoms with E-state index in [0.717, 1.165) is 17.5 Å². The molecule has 0 spiro atoms. The standard InChI is InChI=1S/C29H30FN5O3/c1-3-21-9-13-24(14-10-21)31-29(37)34(17-18-38-2)20-28(36)32-27-19-26(22-7-5-4-6-8-22)33-35(27)25-15-11-23(30)12-16-25/h4-16,19H,3,17-18,20H2,1-2H3,(H,31,37)(H,32,36). The smallest absolute Gasteiger partial charge is 0.322 e. The van der Waals surface area contributed by atoms with Crippen molar-refractivity contribution in [2.75, 3.05) is 37.4 Å². The average Bonchev–Trinajstić information content (AvgIpc) is 3.35. The summed E-state index contributed by atoms with van der Waals surface area (Å²) in [7, 11) is 1.53. The number of hydrogen-bond acceptors (Lipinski definition) is 4. The topological polar surface area (TPSA) is 88.5 Å². The minimum atomic E-state index is -0.418. The Hall–Kier alpha value is -4.50. The van der Waals surface area contributed by atoms with Crippen LogP contribution in [0.2, 0.25) is 0 Å². The zero-order chi connectivity index (χ0) is 26.9. The molecule has 0 unspecified atom stereocenters. The van der Waals surface area contributed by atoms with Crippen LogP contribution in [0.25, 0.3) is 16.9 Å². The number of methoxy groups -OCH3 is 1. The van der Waals surface area contributed by atoms with Gasteiger partial charge >= 0.3 is 6.03 Å². The molecule has 1 heterocycles. The lowest BCUT2D eigenvalue weighted by atomic mass is 10.1. The Morgan fingerprint density at radius 1 is 0.974 bits per heavy atom. The van der Waals surface area contributed by atoms with E-state index in [4.69, 9.17) is 4.74 Å². The van der Waals surface area contributed by atoms with E-state index in [1.165, 1.54) is 28.8 Å². The number of nitrogens with one attached hydrogen (secondary N) is 2. The number of aryl methyl sites for hydroxylation is 1. The fourth-order valence-corrected chi connectivity index (χ4v) is 3.84. The Balaban J connectivity index is 1.53. The lowest BCUT2D eigenvalue weighted by Gasteiger charge is -2.22. The molecule has 38 heavy (non-hydrogen) atoms. The third-order valence-corrected chi connectivity index (χ3v) is 5.92. The van der Waals surface area contributed by atoms with Gasteiger partial charge in [0.1, 0.15) is 18.2 Å². The number of carbonyl (C=O) groups is 2. The van der Waals surface area contributed by atoms with Crippen LogP contribution < -0.4 is 10.6 Å². The third kappa shape index (κ3) is 6.83. The van der Waals surface area contributed by atoms with Gasteiger partial charge in [0.05, 0.1) is 18.0 Å². The van der Waals surface area contributed by atoms with Gasteiger partial charge in [-0.3, -0.25) is 4.79 Å². The first-order valence-electron chi connectivity index (χ1n) is 12.3. The summed E-state index contributed by atoms with van der Waals surface area (Å²) >= 11 is 0. The predicted molar refractivity (Wildman–Crippen MR) is 146 cm³/mol. The van der Waals surface area contributed by atoms with Crippen LogP contribution in [-0.2, 0) is 16.0 Å². The second-order valence-electron chi connectivity index (χ2n) is 8.61. The zero-order valence-electron chi connectivity index (χ0n) is 21.4. The molecule has 0 radical (unpaired) electrons. The van der Waals surface area contributed by atoms with Gasteiger partial charge in [0.15, 0.2) is 0 Å². The second kappa shape index (κ2) is 12.6. The molecule has 8 nitrogen and oxygen atoms in total. The van der Waals surface area contributed by atoms with E-state index in [-0.39, 0.29) is 25.5 Å². The van der Waals surface area contributed by atoms with Gasteiger partial charge in [-0.15, -0.1) is 0 Å². The Kier molecular flexibility index (Phi) is 8.84. The van der Waals surface area contributed by atoms with Crippen LogP contribution >= 0.6 is 0 Å². The Morgan fingerprint density at radius 3 is 2.34 bits per heavy atom. The van der Waals surface area contributed by atoms with Crippen molar-refractivity contribution in [3.8, 4) is 16.9 Å². The summed E-state index contributed by atoms with van der Waals surface area (Å²) < 4.78 is 20.2. The number of benzene rings is 3. The van der Waals surface area contributed by atoms with E-state index in [1.54, 1.807) is 18.2 Å². The van der Waals surface area contributed by atoms with E-state index in [1.807, 2.05) is 54.6 Å². The van der Waals surface area contributed by atoms with Crippen molar-refractivity contribution in [2.45, 2.75) is 13.3 Å². The molecule has 4 aromatic rings. The molecule has 9 heteroatoms. The second-order valence-corrected chi connectivity index (χ2v) is 8.61. The van der Waals surface area contributed by atoms with Crippen LogP contribution in [0, 0.1) is 5.82 Å². The molecular formula is C29H30FN5O3. The molecule has 0 bridgehead atoms. The van der Waals surface area contributed by atoms with Crippen LogP contribution in [0.4, 0.5) is 20.7 Å². The molecule has 196 valence electrons. The van der Waals surface area contributed by atoms with Crippen LogP contribution in [0.5, 0.6) is 0 Å². The molecule has 0 atom stereocenters. The fourth-order valence-electron chi connectivity index (χ4n) is 3.84. The van der Waals surface area contributed by atoms with E-state index in [0.29, 0.717) is 22.9 Å². The number of nitrogens with zero attached hydrogens (tertiary/aromatic N) is 3. The molecule has 0 aliphatic heterocycles. The molecule has 0 fully saturated rings. The van der Waals surface area contributed by atoms with Crippen molar-refractivity contribution in [3.63, 3.8) is 0 Å². The lowest BCUT2D eigenvalue weighted by Crippen LogP contribution is -2.42. The van der Waals surface area contributed by atoms with Crippen molar-refractivity contribution >= 4 is 23.4 Å². The van der Waals surface area contributed by atoms with Gasteiger partial charge in [-0.2, -0.15) is 5.10 Å². The minimum absolute atomic E-state index is 0.211. The summed E-state index contributed by atoms with van der Waals surface area (Å²) in [5.74, 6) is -0.401. The highest BCUT2D eigenvalue weighted by Crippen LogP contribution is 2.25. The number of aromatic nitrogens is 2. The number of anilines is 2. The maximum absolute atomic E-state index is 13.5. The summed E-state index contributed by atoms with van der Waals surface area (Å²) in [6.07, 6.45) is 0.898. The number of halogens is 1. The number of rotatable bonds is 10. The maximum Gasteiger partial charge on any atom is 0.322 e. The molecule has 3 amide bonds. The molecule has 0 saturated carbocycles. The third-order valence-electron chi connectivity index (χ3n) is 5.92. The predicted octanol–water partition coefficient (Wildman–Crippen LogP) is 5.36. The Bertz CT molecular complexity index is 1360. The van der Waals surface area contributed by atoms with E-state index in [2.05, 4.69) is 22.7 Å². The van der Waals surface area contributed by atoms with Crippen molar-refractivity contribution in [3.05, 3.63) is 96.3 Å². The summed E-state index contributed by atoms with van der Waals surface area (Å²) in [6.45, 7) is 2.33. The first-order chi connectivity index (χ1) is 18.5. The monoisotopic (exact) mass is 515 g/mol. The van der Waals surface area contributed by atoms with Crippen molar-refractivity contribution in [1.29, 1.82) is 0 Å². The van der Waals surface area contributed by atoms with E-state index in [9.17, 15) is 14.0 Å². The van der Waals surface area contributed by atoms with Crippen molar-refractivity contribution in [2.24, 2.45) is 0 Å². The average molecular weight is 516 g/mol. The first kappa shape index (κ1) is 26.6. The van der Waals surface area contributed by atoms with Crippen molar-refractivity contribution in [1.82, 2.24) is 14.7 Å². The molecule has 0 saturated heterocycles. The maximum atomic E-state index is 13.5. The molecule has 4 rings (SSSR count). The van der Waals surface area contributed by atoms with Gasteiger partial charge in [-0.25, -0.2) is 13.9 Å². The van der Waals surface area contributed by atoms with Crippen molar-refractivity contribution < 1.29 is 18.7 Å². The normalized spacial score (nSPS) is 10.7. The SMILES string of the molecule is CCc1ccc(NC(=O)N(CCOC)CC(=O)Nc2cc(-c3ccccc3)nn2-c2ccc(F)cc2)cc1. The number of amides is 3. The molecule has 1 aromatic heterocycles. The van der Waals surface area contributed by atoms with Gasteiger partial charge in [-0.1, -0.05) is 49.4 Å². The molecule has 0 aliphatic carbocycles. The molecular weight excluding hydrogens is 485 g/mol. The van der Waals surface area contributed by atoms with Gasteiger partial charge in [-0.05, 0) is 48.4 Å². The highest BCUT2D eigenvalue weighted by Gasteiger charge is 2.20. The highest BCUT2D eigenvalue weighted by molar-refractivity contribution is 5.97. The summed E-state index contributed by atoms with van der Waals surface area (Å²) in [5.41, 5.74) is 3.87. The van der Waals surface area contributed by atoms with Gasteiger partial charge in [0.25, 0.3) is 0 Å². The largest absolute Gasteiger partial charge is 0.383 e. The fraction of sp³-hybridized carbons (Fsp3) is 0.207. The van der Waals surface area contributed by atoms with E-state index < -0.39 is 11.9 Å². The minimum Gasteiger partial charge on any atom is -0.383 e. The number of ether oxygens (including phenoxy) is 1. The van der Waals surface area contributed by atoms with Gasteiger partial charge < -0.3 is 20.3 Å². The Morgan fingerprint density at radius 2 is 1.68 bits per heavy atom. The number of hydrogen-bond donors (Lipinski definition) is 2.